The summed E-state index contributed by atoms with van der Waals surface area (Å²) in [5.41, 5.74) is 5.44. The molecule has 0 atom stereocenters. The first-order valence-electron chi connectivity index (χ1n) is 11.6. The summed E-state index contributed by atoms with van der Waals surface area (Å²) >= 11 is 0. The normalized spacial score (nSPS) is 18.8. The summed E-state index contributed by atoms with van der Waals surface area (Å²) in [6, 6.07) is 15.9. The van der Waals surface area contributed by atoms with Crippen molar-refractivity contribution in [2.75, 3.05) is 26.2 Å². The molecule has 2 aliphatic rings. The van der Waals surface area contributed by atoms with Gasteiger partial charge in [-0.3, -0.25) is 4.90 Å². The molecule has 1 saturated heterocycles. The van der Waals surface area contributed by atoms with Crippen molar-refractivity contribution in [2.45, 2.75) is 64.5 Å². The van der Waals surface area contributed by atoms with Gasteiger partial charge in [-0.25, -0.2) is 0 Å². The number of benzene rings is 2. The Kier molecular flexibility index (Phi) is 6.56. The van der Waals surface area contributed by atoms with E-state index in [-0.39, 0.29) is 5.60 Å². The van der Waals surface area contributed by atoms with Gasteiger partial charge in [0.1, 0.15) is 11.4 Å². The lowest BCUT2D eigenvalue weighted by Crippen LogP contribution is -2.42. The summed E-state index contributed by atoms with van der Waals surface area (Å²) < 4.78 is 6.58. The second kappa shape index (κ2) is 9.32. The van der Waals surface area contributed by atoms with Crippen molar-refractivity contribution in [3.8, 4) is 16.9 Å². The topological polar surface area (TPSA) is 24.5 Å². The fourth-order valence-electron chi connectivity index (χ4n) is 5.02. The van der Waals surface area contributed by atoms with Crippen molar-refractivity contribution in [2.24, 2.45) is 0 Å². The van der Waals surface area contributed by atoms with Crippen molar-refractivity contribution in [1.82, 2.24) is 10.2 Å². The van der Waals surface area contributed by atoms with Crippen LogP contribution in [0.25, 0.3) is 11.1 Å². The van der Waals surface area contributed by atoms with Crippen molar-refractivity contribution in [1.29, 1.82) is 0 Å². The molecule has 0 saturated carbocycles. The maximum atomic E-state index is 6.58. The number of nitrogens with one attached hydrogen (secondary N) is 1. The van der Waals surface area contributed by atoms with E-state index >= 15 is 0 Å². The lowest BCUT2D eigenvalue weighted by Gasteiger charge is -2.39. The van der Waals surface area contributed by atoms with E-state index in [1.165, 1.54) is 35.1 Å². The van der Waals surface area contributed by atoms with E-state index in [1.54, 1.807) is 0 Å². The van der Waals surface area contributed by atoms with Gasteiger partial charge in [0, 0.05) is 32.7 Å². The molecule has 156 valence electrons. The van der Waals surface area contributed by atoms with Gasteiger partial charge >= 0.3 is 0 Å². The minimum Gasteiger partial charge on any atom is -0.487 e. The Morgan fingerprint density at radius 2 is 1.62 bits per heavy atom. The van der Waals surface area contributed by atoms with Gasteiger partial charge in [0.2, 0.25) is 0 Å². The van der Waals surface area contributed by atoms with Crippen LogP contribution in [0.1, 0.15) is 57.1 Å². The summed E-state index contributed by atoms with van der Waals surface area (Å²) in [6.07, 6.45) is 6.98. The molecule has 3 heteroatoms. The Morgan fingerprint density at radius 1 is 0.931 bits per heavy atom. The number of fused-ring (bicyclic) bond motifs is 1. The van der Waals surface area contributed by atoms with Crippen LogP contribution in [-0.4, -0.2) is 36.7 Å². The average Bonchev–Trinajstić information content (AvgIpc) is 2.75. The number of hydrogen-bond acceptors (Lipinski definition) is 3. The van der Waals surface area contributed by atoms with Crippen molar-refractivity contribution >= 4 is 0 Å². The highest BCUT2D eigenvalue weighted by atomic mass is 16.5. The number of piperazine rings is 1. The molecule has 1 N–H and O–H groups in total. The molecule has 0 bridgehead atoms. The molecule has 0 aliphatic carbocycles. The molecule has 0 amide bonds. The third-order valence-corrected chi connectivity index (χ3v) is 6.55. The molecule has 0 spiro atoms. The van der Waals surface area contributed by atoms with E-state index in [0.717, 1.165) is 64.2 Å². The summed E-state index contributed by atoms with van der Waals surface area (Å²) in [4.78, 5) is 2.53. The van der Waals surface area contributed by atoms with Gasteiger partial charge < -0.3 is 10.1 Å². The largest absolute Gasteiger partial charge is 0.487 e. The maximum Gasteiger partial charge on any atom is 0.123 e. The van der Waals surface area contributed by atoms with Gasteiger partial charge in [0.15, 0.2) is 0 Å². The zero-order chi connectivity index (χ0) is 20.1. The van der Waals surface area contributed by atoms with Crippen molar-refractivity contribution in [3.05, 3.63) is 53.6 Å². The summed E-state index contributed by atoms with van der Waals surface area (Å²) in [5.74, 6) is 1.11. The number of rotatable bonds is 7. The predicted octanol–water partition coefficient (Wildman–Crippen LogP) is 5.42. The van der Waals surface area contributed by atoms with E-state index in [4.69, 9.17) is 4.74 Å². The Balaban J connectivity index is 1.46. The first kappa shape index (κ1) is 20.4. The van der Waals surface area contributed by atoms with E-state index in [9.17, 15) is 0 Å². The number of aryl methyl sites for hydroxylation is 1. The van der Waals surface area contributed by atoms with Crippen LogP contribution in [0.5, 0.6) is 5.75 Å². The molecule has 2 heterocycles. The zero-order valence-electron chi connectivity index (χ0n) is 18.2. The number of hydrogen-bond donors (Lipinski definition) is 1. The molecule has 4 rings (SSSR count). The summed E-state index contributed by atoms with van der Waals surface area (Å²) in [5, 5.41) is 3.42. The number of ether oxygens (including phenoxy) is 1. The highest BCUT2D eigenvalue weighted by molar-refractivity contribution is 5.66. The third-order valence-electron chi connectivity index (χ3n) is 6.55. The standard InChI is InChI=1S/C26H36N2O/c1-3-12-26(13-4-2)14-11-24-19-23(9-10-25(24)29-26)22-7-5-21(6-8-22)20-28-17-15-27-16-18-28/h5-10,19,27H,3-4,11-18,20H2,1-2H3. The molecule has 2 aromatic carbocycles. The molecule has 29 heavy (non-hydrogen) atoms. The quantitative estimate of drug-likeness (QED) is 0.681. The lowest BCUT2D eigenvalue weighted by atomic mass is 9.83. The van der Waals surface area contributed by atoms with Gasteiger partial charge in [0.25, 0.3) is 0 Å². The van der Waals surface area contributed by atoms with Crippen LogP contribution in [0.4, 0.5) is 0 Å². The fraction of sp³-hybridized carbons (Fsp3) is 0.538. The summed E-state index contributed by atoms with van der Waals surface area (Å²) in [6.45, 7) is 10.1. The van der Waals surface area contributed by atoms with Gasteiger partial charge in [-0.15, -0.1) is 0 Å². The first-order valence-corrected chi connectivity index (χ1v) is 11.6. The molecule has 2 aliphatic heterocycles. The monoisotopic (exact) mass is 392 g/mol. The van der Waals surface area contributed by atoms with Crippen LogP contribution < -0.4 is 10.1 Å². The van der Waals surface area contributed by atoms with Crippen LogP contribution in [0.2, 0.25) is 0 Å². The molecule has 0 radical (unpaired) electrons. The van der Waals surface area contributed by atoms with Crippen LogP contribution >= 0.6 is 0 Å². The zero-order valence-corrected chi connectivity index (χ0v) is 18.2. The molecule has 0 aromatic heterocycles. The van der Waals surface area contributed by atoms with Gasteiger partial charge in [0.05, 0.1) is 0 Å². The molecule has 3 nitrogen and oxygen atoms in total. The van der Waals surface area contributed by atoms with Crippen LogP contribution in [0.15, 0.2) is 42.5 Å². The SMILES string of the molecule is CCCC1(CCC)CCc2cc(-c3ccc(CN4CCNCC4)cc3)ccc2O1. The molecule has 2 aromatic rings. The number of nitrogens with zero attached hydrogens (tertiary/aromatic N) is 1. The molecule has 0 unspecified atom stereocenters. The van der Waals surface area contributed by atoms with Crippen LogP contribution in [0, 0.1) is 0 Å². The molecule has 1 fully saturated rings. The Hall–Kier alpha value is -1.84. The predicted molar refractivity (Wildman–Crippen MR) is 122 cm³/mol. The van der Waals surface area contributed by atoms with Gasteiger partial charge in [-0.05, 0) is 60.1 Å². The van der Waals surface area contributed by atoms with Crippen molar-refractivity contribution in [3.63, 3.8) is 0 Å². The Labute approximate surface area is 176 Å². The van der Waals surface area contributed by atoms with Crippen LogP contribution in [-0.2, 0) is 13.0 Å². The van der Waals surface area contributed by atoms with Crippen LogP contribution in [0.3, 0.4) is 0 Å². The average molecular weight is 393 g/mol. The van der Waals surface area contributed by atoms with Gasteiger partial charge in [-0.1, -0.05) is 57.0 Å². The molecular formula is C26H36N2O. The molecular weight excluding hydrogens is 356 g/mol. The minimum atomic E-state index is 0.0592. The summed E-state index contributed by atoms with van der Waals surface area (Å²) in [7, 11) is 0. The fourth-order valence-corrected chi connectivity index (χ4v) is 5.02. The first-order chi connectivity index (χ1) is 14.2. The minimum absolute atomic E-state index is 0.0592. The highest BCUT2D eigenvalue weighted by Gasteiger charge is 2.34. The second-order valence-corrected chi connectivity index (χ2v) is 8.83. The Bertz CT molecular complexity index is 787. The van der Waals surface area contributed by atoms with Crippen molar-refractivity contribution < 1.29 is 4.74 Å². The smallest absolute Gasteiger partial charge is 0.123 e. The van der Waals surface area contributed by atoms with E-state index in [2.05, 4.69) is 66.5 Å². The van der Waals surface area contributed by atoms with Gasteiger partial charge in [-0.2, -0.15) is 0 Å². The lowest BCUT2D eigenvalue weighted by molar-refractivity contribution is 0.0276. The highest BCUT2D eigenvalue weighted by Crippen LogP contribution is 2.40. The Morgan fingerprint density at radius 3 is 2.31 bits per heavy atom. The maximum absolute atomic E-state index is 6.58. The second-order valence-electron chi connectivity index (χ2n) is 8.83. The third kappa shape index (κ3) is 4.84. The van der Waals surface area contributed by atoms with E-state index < -0.39 is 0 Å². The van der Waals surface area contributed by atoms with E-state index in [1.807, 2.05) is 0 Å². The van der Waals surface area contributed by atoms with E-state index in [0.29, 0.717) is 0 Å².